The van der Waals surface area contributed by atoms with Crippen LogP contribution in [0.15, 0.2) is 24.3 Å². The quantitative estimate of drug-likeness (QED) is 0.834. The number of nitrogens with zero attached hydrogens (tertiary/aromatic N) is 3. The predicted octanol–water partition coefficient (Wildman–Crippen LogP) is 2.17. The lowest BCUT2D eigenvalue weighted by atomic mass is 9.97. The number of halogens is 1. The Hall–Kier alpha value is -2.55. The van der Waals surface area contributed by atoms with Crippen LogP contribution in [-0.2, 0) is 16.1 Å². The third-order valence-corrected chi connectivity index (χ3v) is 4.92. The van der Waals surface area contributed by atoms with Crippen LogP contribution in [-0.4, -0.2) is 34.3 Å². The molecule has 1 aromatic heterocycles. The lowest BCUT2D eigenvalue weighted by Gasteiger charge is -2.31. The molecule has 0 bridgehead atoms. The number of carbonyl (C=O) groups is 2. The summed E-state index contributed by atoms with van der Waals surface area (Å²) >= 11 is 1.21. The summed E-state index contributed by atoms with van der Waals surface area (Å²) in [6, 6.07) is 6.08. The summed E-state index contributed by atoms with van der Waals surface area (Å²) in [5, 5.41) is 6.17. The molecule has 1 aromatic carbocycles. The van der Waals surface area contributed by atoms with Crippen molar-refractivity contribution in [1.82, 2.24) is 14.7 Å². The van der Waals surface area contributed by atoms with Gasteiger partial charge in [0, 0.05) is 38.1 Å². The van der Waals surface area contributed by atoms with E-state index < -0.39 is 0 Å². The zero-order chi connectivity index (χ0) is 18.5. The van der Waals surface area contributed by atoms with E-state index in [1.807, 2.05) is 4.90 Å². The molecule has 1 aliphatic rings. The van der Waals surface area contributed by atoms with E-state index in [1.165, 1.54) is 30.6 Å². The number of rotatable bonds is 5. The summed E-state index contributed by atoms with van der Waals surface area (Å²) in [6.07, 6.45) is 1.69. The van der Waals surface area contributed by atoms with Crippen molar-refractivity contribution < 1.29 is 14.0 Å². The van der Waals surface area contributed by atoms with E-state index in [0.29, 0.717) is 24.2 Å². The number of piperidine rings is 1. The van der Waals surface area contributed by atoms with Gasteiger partial charge in [-0.2, -0.15) is 9.36 Å². The molecular weight excluding hydrogens is 357 g/mol. The average molecular weight is 377 g/mol. The molecule has 3 rings (SSSR count). The van der Waals surface area contributed by atoms with E-state index in [1.54, 1.807) is 12.1 Å². The first-order valence-corrected chi connectivity index (χ1v) is 9.17. The van der Waals surface area contributed by atoms with Crippen LogP contribution in [0.5, 0.6) is 0 Å². The van der Waals surface area contributed by atoms with Crippen LogP contribution in [0.25, 0.3) is 0 Å². The zero-order valence-electron chi connectivity index (χ0n) is 14.4. The van der Waals surface area contributed by atoms with E-state index in [0.717, 1.165) is 24.9 Å². The van der Waals surface area contributed by atoms with Crippen LogP contribution in [0.2, 0.25) is 0 Å². The zero-order valence-corrected chi connectivity index (χ0v) is 15.2. The summed E-state index contributed by atoms with van der Waals surface area (Å²) in [4.78, 5) is 29.9. The van der Waals surface area contributed by atoms with Gasteiger partial charge in [0.1, 0.15) is 5.82 Å². The smallest absolute Gasteiger partial charge is 0.243 e. The molecule has 7 nitrogen and oxygen atoms in total. The summed E-state index contributed by atoms with van der Waals surface area (Å²) in [6.45, 7) is 3.14. The predicted molar refractivity (Wildman–Crippen MR) is 97.4 cm³/mol. The maximum Gasteiger partial charge on any atom is 0.243 e. The molecule has 2 N–H and O–H groups in total. The van der Waals surface area contributed by atoms with E-state index in [-0.39, 0.29) is 23.5 Å². The van der Waals surface area contributed by atoms with E-state index >= 15 is 0 Å². The van der Waals surface area contributed by atoms with Crippen LogP contribution in [0.3, 0.4) is 0 Å². The third kappa shape index (κ3) is 4.75. The Balaban J connectivity index is 1.55. The molecule has 0 spiro atoms. The van der Waals surface area contributed by atoms with Gasteiger partial charge in [-0.05, 0) is 30.5 Å². The van der Waals surface area contributed by atoms with Crippen LogP contribution in [0.1, 0.15) is 25.3 Å². The molecule has 138 valence electrons. The topological polar surface area (TPSA) is 87.2 Å². The van der Waals surface area contributed by atoms with Gasteiger partial charge >= 0.3 is 0 Å². The minimum atomic E-state index is -0.293. The molecule has 1 aliphatic heterocycles. The number of hydrogen-bond donors (Lipinski definition) is 2. The molecule has 9 heteroatoms. The number of aromatic nitrogens is 2. The molecular formula is C17H20FN5O2S. The standard InChI is InChI=1S/C17H20FN5O2S/c1-11(24)20-16-21-17(26-22-16)23-8-2-3-13(10-23)15(25)19-9-12-4-6-14(18)7-5-12/h4-7,13H,2-3,8-10H2,1H3,(H,19,25)(H,20,22,24). The van der Waals surface area contributed by atoms with Crippen molar-refractivity contribution >= 4 is 34.4 Å². The first kappa shape index (κ1) is 18.2. The minimum Gasteiger partial charge on any atom is -0.352 e. The molecule has 1 saturated heterocycles. The number of benzene rings is 1. The lowest BCUT2D eigenvalue weighted by molar-refractivity contribution is -0.125. The third-order valence-electron chi connectivity index (χ3n) is 4.15. The van der Waals surface area contributed by atoms with Crippen LogP contribution >= 0.6 is 11.5 Å². The Morgan fingerprint density at radius 2 is 2.12 bits per heavy atom. The number of amides is 2. The SMILES string of the molecule is CC(=O)Nc1nsc(N2CCCC(C(=O)NCc3ccc(F)cc3)C2)n1. The summed E-state index contributed by atoms with van der Waals surface area (Å²) in [5.74, 6) is -0.381. The molecule has 1 fully saturated rings. The summed E-state index contributed by atoms with van der Waals surface area (Å²) in [5.41, 5.74) is 0.858. The molecule has 0 radical (unpaired) electrons. The normalized spacial score (nSPS) is 17.0. The highest BCUT2D eigenvalue weighted by atomic mass is 32.1. The fraction of sp³-hybridized carbons (Fsp3) is 0.412. The van der Waals surface area contributed by atoms with Crippen molar-refractivity contribution in [3.63, 3.8) is 0 Å². The van der Waals surface area contributed by atoms with Crippen molar-refractivity contribution in [3.8, 4) is 0 Å². The second-order valence-electron chi connectivity index (χ2n) is 6.21. The van der Waals surface area contributed by atoms with Crippen LogP contribution in [0.4, 0.5) is 15.5 Å². The Bertz CT molecular complexity index is 780. The molecule has 1 atom stereocenters. The minimum absolute atomic E-state index is 0.0226. The van der Waals surface area contributed by atoms with Crippen molar-refractivity contribution in [3.05, 3.63) is 35.6 Å². The lowest BCUT2D eigenvalue weighted by Crippen LogP contribution is -2.43. The van der Waals surface area contributed by atoms with Gasteiger partial charge in [-0.3, -0.25) is 14.9 Å². The number of anilines is 2. The van der Waals surface area contributed by atoms with Gasteiger partial charge < -0.3 is 10.2 Å². The molecule has 0 aliphatic carbocycles. The van der Waals surface area contributed by atoms with Gasteiger partial charge in [-0.15, -0.1) is 0 Å². The molecule has 2 aromatic rings. The van der Waals surface area contributed by atoms with E-state index in [9.17, 15) is 14.0 Å². The molecule has 0 saturated carbocycles. The fourth-order valence-corrected chi connectivity index (χ4v) is 3.52. The van der Waals surface area contributed by atoms with Gasteiger partial charge in [-0.1, -0.05) is 12.1 Å². The van der Waals surface area contributed by atoms with Crippen LogP contribution < -0.4 is 15.5 Å². The summed E-state index contributed by atoms with van der Waals surface area (Å²) in [7, 11) is 0. The van der Waals surface area contributed by atoms with Crippen molar-refractivity contribution in [2.45, 2.75) is 26.3 Å². The number of hydrogen-bond acceptors (Lipinski definition) is 6. The maximum atomic E-state index is 12.9. The van der Waals surface area contributed by atoms with Crippen molar-refractivity contribution in [2.75, 3.05) is 23.3 Å². The first-order valence-electron chi connectivity index (χ1n) is 8.39. The number of carbonyl (C=O) groups excluding carboxylic acids is 2. The highest BCUT2D eigenvalue weighted by Crippen LogP contribution is 2.26. The van der Waals surface area contributed by atoms with Crippen molar-refractivity contribution in [1.29, 1.82) is 0 Å². The Labute approximate surface area is 154 Å². The first-order chi connectivity index (χ1) is 12.5. The van der Waals surface area contributed by atoms with Crippen molar-refractivity contribution in [2.24, 2.45) is 5.92 Å². The Kier molecular flexibility index (Phi) is 5.77. The summed E-state index contributed by atoms with van der Waals surface area (Å²) < 4.78 is 17.0. The highest BCUT2D eigenvalue weighted by Gasteiger charge is 2.27. The van der Waals surface area contributed by atoms with Gasteiger partial charge in [0.15, 0.2) is 0 Å². The monoisotopic (exact) mass is 377 g/mol. The molecule has 1 unspecified atom stereocenters. The van der Waals surface area contributed by atoms with Crippen LogP contribution in [0, 0.1) is 11.7 Å². The highest BCUT2D eigenvalue weighted by molar-refractivity contribution is 7.09. The molecule has 26 heavy (non-hydrogen) atoms. The average Bonchev–Trinajstić information content (AvgIpc) is 3.09. The fourth-order valence-electron chi connectivity index (χ4n) is 2.85. The molecule has 2 amide bonds. The largest absolute Gasteiger partial charge is 0.352 e. The van der Waals surface area contributed by atoms with Gasteiger partial charge in [0.2, 0.25) is 22.9 Å². The Morgan fingerprint density at radius 1 is 1.35 bits per heavy atom. The van der Waals surface area contributed by atoms with Gasteiger partial charge in [-0.25, -0.2) is 4.39 Å². The second kappa shape index (κ2) is 8.22. The maximum absolute atomic E-state index is 12.9. The second-order valence-corrected chi connectivity index (χ2v) is 6.94. The van der Waals surface area contributed by atoms with Gasteiger partial charge in [0.25, 0.3) is 0 Å². The van der Waals surface area contributed by atoms with E-state index in [4.69, 9.17) is 0 Å². The number of nitrogens with one attached hydrogen (secondary N) is 2. The van der Waals surface area contributed by atoms with Gasteiger partial charge in [0.05, 0.1) is 5.92 Å². The molecule has 2 heterocycles. The Morgan fingerprint density at radius 3 is 2.85 bits per heavy atom. The van der Waals surface area contributed by atoms with E-state index in [2.05, 4.69) is 20.0 Å².